The number of hydrogen-bond acceptors (Lipinski definition) is 5. The van der Waals surface area contributed by atoms with Gasteiger partial charge in [0.1, 0.15) is 10.8 Å². The SMILES string of the molecule is CCC(NC(=O)C1CNNC1c1cccc(F)c1)c1nccs1. The Kier molecular flexibility index (Phi) is 5.00. The van der Waals surface area contributed by atoms with Gasteiger partial charge in [0.25, 0.3) is 0 Å². The zero-order valence-electron chi connectivity index (χ0n) is 12.8. The minimum Gasteiger partial charge on any atom is -0.347 e. The van der Waals surface area contributed by atoms with Gasteiger partial charge in [-0.2, -0.15) is 0 Å². The van der Waals surface area contributed by atoms with Crippen LogP contribution in [0.2, 0.25) is 0 Å². The summed E-state index contributed by atoms with van der Waals surface area (Å²) < 4.78 is 13.4. The molecule has 1 saturated heterocycles. The molecule has 1 aromatic carbocycles. The topological polar surface area (TPSA) is 66.1 Å². The van der Waals surface area contributed by atoms with E-state index in [0.29, 0.717) is 6.54 Å². The third-order valence-electron chi connectivity index (χ3n) is 4.00. The average molecular weight is 334 g/mol. The minimum absolute atomic E-state index is 0.0567. The molecule has 3 rings (SSSR count). The van der Waals surface area contributed by atoms with Crippen molar-refractivity contribution in [2.24, 2.45) is 5.92 Å². The Balaban J connectivity index is 1.73. The Labute approximate surface area is 138 Å². The standard InChI is InChI=1S/C16H19FN4OS/c1-2-13(16-18-6-7-23-16)20-15(22)12-9-19-21-14(12)10-4-3-5-11(17)8-10/h3-8,12-14,19,21H,2,9H2,1H3,(H,20,22). The number of carbonyl (C=O) groups is 1. The number of amides is 1. The second kappa shape index (κ2) is 7.16. The molecule has 7 heteroatoms. The van der Waals surface area contributed by atoms with Gasteiger partial charge in [-0.1, -0.05) is 19.1 Å². The predicted octanol–water partition coefficient (Wildman–Crippen LogP) is 2.31. The third kappa shape index (κ3) is 3.57. The summed E-state index contributed by atoms with van der Waals surface area (Å²) in [6.45, 7) is 2.52. The number of aromatic nitrogens is 1. The molecule has 5 nitrogen and oxygen atoms in total. The van der Waals surface area contributed by atoms with Gasteiger partial charge in [-0.05, 0) is 24.1 Å². The van der Waals surface area contributed by atoms with E-state index in [-0.39, 0.29) is 29.7 Å². The van der Waals surface area contributed by atoms with E-state index in [4.69, 9.17) is 0 Å². The van der Waals surface area contributed by atoms with Gasteiger partial charge < -0.3 is 5.32 Å². The molecule has 23 heavy (non-hydrogen) atoms. The number of rotatable bonds is 5. The Bertz CT molecular complexity index is 664. The summed E-state index contributed by atoms with van der Waals surface area (Å²) in [5, 5.41) is 5.87. The van der Waals surface area contributed by atoms with Crippen LogP contribution in [0.25, 0.3) is 0 Å². The molecule has 1 aliphatic heterocycles. The van der Waals surface area contributed by atoms with E-state index in [1.807, 2.05) is 18.4 Å². The summed E-state index contributed by atoms with van der Waals surface area (Å²) in [4.78, 5) is 16.9. The zero-order chi connectivity index (χ0) is 16.2. The quantitative estimate of drug-likeness (QED) is 0.785. The lowest BCUT2D eigenvalue weighted by Crippen LogP contribution is -2.37. The fourth-order valence-corrected chi connectivity index (χ4v) is 3.55. The highest BCUT2D eigenvalue weighted by atomic mass is 32.1. The van der Waals surface area contributed by atoms with Crippen LogP contribution in [-0.4, -0.2) is 17.4 Å². The first-order valence-electron chi connectivity index (χ1n) is 7.62. The highest BCUT2D eigenvalue weighted by molar-refractivity contribution is 7.09. The van der Waals surface area contributed by atoms with Crippen LogP contribution >= 0.6 is 11.3 Å². The van der Waals surface area contributed by atoms with Gasteiger partial charge in [0.2, 0.25) is 5.91 Å². The summed E-state index contributed by atoms with van der Waals surface area (Å²) in [7, 11) is 0. The average Bonchev–Trinajstić information content (AvgIpc) is 3.23. The van der Waals surface area contributed by atoms with Crippen LogP contribution in [0.4, 0.5) is 4.39 Å². The second-order valence-corrected chi connectivity index (χ2v) is 6.43. The molecule has 1 fully saturated rings. The summed E-state index contributed by atoms with van der Waals surface area (Å²) in [6.07, 6.45) is 2.51. The summed E-state index contributed by atoms with van der Waals surface area (Å²) in [6, 6.07) is 6.01. The minimum atomic E-state index is -0.301. The number of halogens is 1. The van der Waals surface area contributed by atoms with Crippen molar-refractivity contribution in [3.05, 3.63) is 52.2 Å². The number of benzene rings is 1. The molecule has 1 amide bonds. The highest BCUT2D eigenvalue weighted by Gasteiger charge is 2.35. The Hall–Kier alpha value is -1.83. The Morgan fingerprint density at radius 1 is 1.57 bits per heavy atom. The molecule has 2 heterocycles. The van der Waals surface area contributed by atoms with Crippen molar-refractivity contribution in [3.63, 3.8) is 0 Å². The van der Waals surface area contributed by atoms with Crippen molar-refractivity contribution in [2.75, 3.05) is 6.54 Å². The fraction of sp³-hybridized carbons (Fsp3) is 0.375. The van der Waals surface area contributed by atoms with E-state index in [2.05, 4.69) is 21.2 Å². The lowest BCUT2D eigenvalue weighted by atomic mass is 9.94. The van der Waals surface area contributed by atoms with Crippen molar-refractivity contribution in [1.82, 2.24) is 21.2 Å². The lowest BCUT2D eigenvalue weighted by molar-refractivity contribution is -0.125. The molecule has 0 saturated carbocycles. The maximum atomic E-state index is 13.4. The zero-order valence-corrected chi connectivity index (χ0v) is 13.6. The van der Waals surface area contributed by atoms with Crippen LogP contribution < -0.4 is 16.2 Å². The number of thiazole rings is 1. The number of nitrogens with one attached hydrogen (secondary N) is 3. The fourth-order valence-electron chi connectivity index (χ4n) is 2.78. The Morgan fingerprint density at radius 3 is 3.13 bits per heavy atom. The molecule has 0 radical (unpaired) electrons. The predicted molar refractivity (Wildman–Crippen MR) is 87.1 cm³/mol. The molecule has 3 atom stereocenters. The van der Waals surface area contributed by atoms with Gasteiger partial charge in [-0.25, -0.2) is 14.8 Å². The van der Waals surface area contributed by atoms with Gasteiger partial charge in [0.15, 0.2) is 0 Å². The van der Waals surface area contributed by atoms with Crippen molar-refractivity contribution < 1.29 is 9.18 Å². The smallest absolute Gasteiger partial charge is 0.227 e. The first-order chi connectivity index (χ1) is 11.2. The largest absolute Gasteiger partial charge is 0.347 e. The van der Waals surface area contributed by atoms with Crippen LogP contribution in [0.15, 0.2) is 35.8 Å². The molecule has 2 aromatic rings. The van der Waals surface area contributed by atoms with E-state index in [0.717, 1.165) is 17.0 Å². The van der Waals surface area contributed by atoms with Crippen molar-refractivity contribution in [3.8, 4) is 0 Å². The van der Waals surface area contributed by atoms with Crippen LogP contribution in [0, 0.1) is 11.7 Å². The molecule has 1 aliphatic rings. The summed E-state index contributed by atoms with van der Waals surface area (Å²) in [5.41, 5.74) is 6.83. The maximum Gasteiger partial charge on any atom is 0.227 e. The molecule has 0 bridgehead atoms. The van der Waals surface area contributed by atoms with E-state index in [9.17, 15) is 9.18 Å². The van der Waals surface area contributed by atoms with E-state index in [1.54, 1.807) is 12.3 Å². The number of carbonyl (C=O) groups excluding carboxylic acids is 1. The molecular weight excluding hydrogens is 315 g/mol. The van der Waals surface area contributed by atoms with Crippen molar-refractivity contribution in [1.29, 1.82) is 0 Å². The van der Waals surface area contributed by atoms with Gasteiger partial charge >= 0.3 is 0 Å². The van der Waals surface area contributed by atoms with Crippen LogP contribution in [0.1, 0.15) is 36.0 Å². The summed E-state index contributed by atoms with van der Waals surface area (Å²) in [5.74, 6) is -0.658. The van der Waals surface area contributed by atoms with Gasteiger partial charge in [0, 0.05) is 18.1 Å². The van der Waals surface area contributed by atoms with E-state index >= 15 is 0 Å². The van der Waals surface area contributed by atoms with Crippen molar-refractivity contribution in [2.45, 2.75) is 25.4 Å². The Morgan fingerprint density at radius 2 is 2.43 bits per heavy atom. The number of nitrogens with zero attached hydrogens (tertiary/aromatic N) is 1. The van der Waals surface area contributed by atoms with Gasteiger partial charge in [0.05, 0.1) is 18.0 Å². The molecule has 3 unspecified atom stereocenters. The first-order valence-corrected chi connectivity index (χ1v) is 8.50. The van der Waals surface area contributed by atoms with Crippen LogP contribution in [0.3, 0.4) is 0 Å². The molecule has 122 valence electrons. The normalized spacial score (nSPS) is 22.0. The van der Waals surface area contributed by atoms with E-state index < -0.39 is 0 Å². The molecule has 1 aromatic heterocycles. The molecule has 0 spiro atoms. The summed E-state index contributed by atoms with van der Waals surface area (Å²) >= 11 is 1.53. The number of hydrogen-bond donors (Lipinski definition) is 3. The second-order valence-electron chi connectivity index (χ2n) is 5.50. The van der Waals surface area contributed by atoms with Crippen LogP contribution in [-0.2, 0) is 4.79 Å². The van der Waals surface area contributed by atoms with Crippen molar-refractivity contribution >= 4 is 17.2 Å². The number of hydrazine groups is 1. The molecule has 0 aliphatic carbocycles. The van der Waals surface area contributed by atoms with Crippen LogP contribution in [0.5, 0.6) is 0 Å². The molecular formula is C16H19FN4OS. The lowest BCUT2D eigenvalue weighted by Gasteiger charge is -2.21. The van der Waals surface area contributed by atoms with E-state index in [1.165, 1.54) is 23.5 Å². The maximum absolute atomic E-state index is 13.4. The van der Waals surface area contributed by atoms with Gasteiger partial charge in [-0.15, -0.1) is 11.3 Å². The monoisotopic (exact) mass is 334 g/mol. The molecule has 3 N–H and O–H groups in total. The van der Waals surface area contributed by atoms with Gasteiger partial charge in [-0.3, -0.25) is 10.2 Å². The highest BCUT2D eigenvalue weighted by Crippen LogP contribution is 2.27. The first kappa shape index (κ1) is 16.0. The third-order valence-corrected chi connectivity index (χ3v) is 4.89.